The maximum absolute atomic E-state index is 9.43. The number of aryl methyl sites for hydroxylation is 1. The van der Waals surface area contributed by atoms with Crippen molar-refractivity contribution in [2.24, 2.45) is 0 Å². The molecule has 17 heavy (non-hydrogen) atoms. The Morgan fingerprint density at radius 2 is 2.00 bits per heavy atom. The van der Waals surface area contributed by atoms with Crippen LogP contribution >= 0.6 is 0 Å². The number of nitriles is 1. The van der Waals surface area contributed by atoms with E-state index in [9.17, 15) is 5.26 Å². The van der Waals surface area contributed by atoms with Gasteiger partial charge in [-0.2, -0.15) is 5.26 Å². The van der Waals surface area contributed by atoms with Crippen LogP contribution in [0, 0.1) is 25.2 Å². The molecule has 1 N–H and O–H groups in total. The first-order valence-corrected chi connectivity index (χ1v) is 6.14. The highest BCUT2D eigenvalue weighted by molar-refractivity contribution is 5.37. The quantitative estimate of drug-likeness (QED) is 0.840. The first kappa shape index (κ1) is 12.1. The highest BCUT2D eigenvalue weighted by atomic mass is 15.2. The van der Waals surface area contributed by atoms with Gasteiger partial charge in [0.15, 0.2) is 0 Å². The van der Waals surface area contributed by atoms with Gasteiger partial charge in [0.1, 0.15) is 6.04 Å². The number of piperazine rings is 1. The van der Waals surface area contributed by atoms with Crippen molar-refractivity contribution in [2.75, 3.05) is 26.2 Å². The molecule has 1 aromatic carbocycles. The lowest BCUT2D eigenvalue weighted by molar-refractivity contribution is 0.207. The second-order valence-electron chi connectivity index (χ2n) is 4.61. The molecule has 1 unspecified atom stereocenters. The summed E-state index contributed by atoms with van der Waals surface area (Å²) < 4.78 is 0. The van der Waals surface area contributed by atoms with E-state index in [2.05, 4.69) is 42.3 Å². The van der Waals surface area contributed by atoms with Crippen LogP contribution in [0.4, 0.5) is 0 Å². The van der Waals surface area contributed by atoms with Crippen LogP contribution in [-0.4, -0.2) is 31.1 Å². The second kappa shape index (κ2) is 5.31. The zero-order valence-corrected chi connectivity index (χ0v) is 10.5. The summed E-state index contributed by atoms with van der Waals surface area (Å²) in [5.41, 5.74) is 3.67. The molecule has 90 valence electrons. The molecular formula is C14H19N3. The largest absolute Gasteiger partial charge is 0.314 e. The molecule has 3 heteroatoms. The normalized spacial score (nSPS) is 18.6. The number of rotatable bonds is 2. The zero-order chi connectivity index (χ0) is 12.3. The summed E-state index contributed by atoms with van der Waals surface area (Å²) in [5.74, 6) is 0. The summed E-state index contributed by atoms with van der Waals surface area (Å²) in [6.07, 6.45) is 0. The van der Waals surface area contributed by atoms with Gasteiger partial charge in [-0.15, -0.1) is 0 Å². The first-order valence-electron chi connectivity index (χ1n) is 6.14. The summed E-state index contributed by atoms with van der Waals surface area (Å²) in [6, 6.07) is 8.58. The van der Waals surface area contributed by atoms with E-state index >= 15 is 0 Å². The summed E-state index contributed by atoms with van der Waals surface area (Å²) >= 11 is 0. The van der Waals surface area contributed by atoms with E-state index in [1.165, 1.54) is 11.1 Å². The topological polar surface area (TPSA) is 39.1 Å². The maximum atomic E-state index is 9.43. The van der Waals surface area contributed by atoms with Crippen molar-refractivity contribution in [3.8, 4) is 6.07 Å². The Hall–Kier alpha value is -1.37. The molecule has 0 radical (unpaired) electrons. The molecule has 2 rings (SSSR count). The average molecular weight is 229 g/mol. The van der Waals surface area contributed by atoms with Crippen LogP contribution in [0.25, 0.3) is 0 Å². The van der Waals surface area contributed by atoms with E-state index in [0.29, 0.717) is 0 Å². The van der Waals surface area contributed by atoms with E-state index in [4.69, 9.17) is 0 Å². The van der Waals surface area contributed by atoms with Gasteiger partial charge < -0.3 is 5.32 Å². The van der Waals surface area contributed by atoms with Crippen molar-refractivity contribution < 1.29 is 0 Å². The van der Waals surface area contributed by atoms with Crippen LogP contribution < -0.4 is 5.32 Å². The standard InChI is InChI=1S/C14H19N3/c1-11-4-3-5-13(12(11)2)14(10-15)17-8-6-16-7-9-17/h3-5,14,16H,6-9H2,1-2H3. The molecule has 1 atom stereocenters. The third kappa shape index (κ3) is 2.49. The highest BCUT2D eigenvalue weighted by Crippen LogP contribution is 2.25. The van der Waals surface area contributed by atoms with Crippen LogP contribution in [0.3, 0.4) is 0 Å². The fraction of sp³-hybridized carbons (Fsp3) is 0.500. The highest BCUT2D eigenvalue weighted by Gasteiger charge is 2.23. The third-order valence-electron chi connectivity index (χ3n) is 3.58. The van der Waals surface area contributed by atoms with E-state index in [-0.39, 0.29) is 6.04 Å². The fourth-order valence-electron chi connectivity index (χ4n) is 2.36. The predicted octanol–water partition coefficient (Wildman–Crippen LogP) is 1.77. The molecule has 1 saturated heterocycles. The molecule has 3 nitrogen and oxygen atoms in total. The van der Waals surface area contributed by atoms with Crippen LogP contribution in [-0.2, 0) is 0 Å². The Kier molecular flexibility index (Phi) is 3.78. The molecule has 0 aromatic heterocycles. The van der Waals surface area contributed by atoms with Gasteiger partial charge >= 0.3 is 0 Å². The molecule has 1 fully saturated rings. The molecule has 0 saturated carbocycles. The summed E-state index contributed by atoms with van der Waals surface area (Å²) in [6.45, 7) is 8.06. The second-order valence-corrected chi connectivity index (χ2v) is 4.61. The number of nitrogens with zero attached hydrogens (tertiary/aromatic N) is 2. The number of hydrogen-bond donors (Lipinski definition) is 1. The van der Waals surface area contributed by atoms with E-state index in [1.54, 1.807) is 0 Å². The van der Waals surface area contributed by atoms with Crippen molar-refractivity contribution in [3.05, 3.63) is 34.9 Å². The Morgan fingerprint density at radius 1 is 1.29 bits per heavy atom. The van der Waals surface area contributed by atoms with Crippen molar-refractivity contribution in [3.63, 3.8) is 0 Å². The fourth-order valence-corrected chi connectivity index (χ4v) is 2.36. The van der Waals surface area contributed by atoms with Crippen molar-refractivity contribution in [1.82, 2.24) is 10.2 Å². The van der Waals surface area contributed by atoms with Crippen LogP contribution in [0.15, 0.2) is 18.2 Å². The SMILES string of the molecule is Cc1cccc(C(C#N)N2CCNCC2)c1C. The molecule has 1 aromatic rings. The number of nitrogens with one attached hydrogen (secondary N) is 1. The summed E-state index contributed by atoms with van der Waals surface area (Å²) in [5, 5.41) is 12.8. The van der Waals surface area contributed by atoms with Gasteiger partial charge in [0.05, 0.1) is 6.07 Å². The minimum atomic E-state index is -0.100. The van der Waals surface area contributed by atoms with Gasteiger partial charge in [-0.1, -0.05) is 18.2 Å². The Bertz CT molecular complexity index is 428. The van der Waals surface area contributed by atoms with E-state index in [1.807, 2.05) is 6.07 Å². The average Bonchev–Trinajstić information content (AvgIpc) is 2.37. The van der Waals surface area contributed by atoms with Gasteiger partial charge in [0.25, 0.3) is 0 Å². The maximum Gasteiger partial charge on any atom is 0.124 e. The molecule has 1 aliphatic heterocycles. The smallest absolute Gasteiger partial charge is 0.124 e. The van der Waals surface area contributed by atoms with E-state index < -0.39 is 0 Å². The van der Waals surface area contributed by atoms with Gasteiger partial charge in [-0.3, -0.25) is 4.90 Å². The molecule has 0 aliphatic carbocycles. The lowest BCUT2D eigenvalue weighted by Gasteiger charge is -2.32. The summed E-state index contributed by atoms with van der Waals surface area (Å²) in [4.78, 5) is 2.26. The number of hydrogen-bond acceptors (Lipinski definition) is 3. The van der Waals surface area contributed by atoms with Gasteiger partial charge in [0.2, 0.25) is 0 Å². The van der Waals surface area contributed by atoms with Crippen molar-refractivity contribution in [1.29, 1.82) is 5.26 Å². The zero-order valence-electron chi connectivity index (χ0n) is 10.5. The summed E-state index contributed by atoms with van der Waals surface area (Å²) in [7, 11) is 0. The Labute approximate surface area is 103 Å². The Morgan fingerprint density at radius 3 is 2.65 bits per heavy atom. The van der Waals surface area contributed by atoms with E-state index in [0.717, 1.165) is 31.7 Å². The van der Waals surface area contributed by atoms with Crippen molar-refractivity contribution >= 4 is 0 Å². The van der Waals surface area contributed by atoms with Crippen LogP contribution in [0.2, 0.25) is 0 Å². The molecule has 0 bridgehead atoms. The van der Waals surface area contributed by atoms with Crippen molar-refractivity contribution in [2.45, 2.75) is 19.9 Å². The predicted molar refractivity (Wildman–Crippen MR) is 68.7 cm³/mol. The van der Waals surface area contributed by atoms with Crippen LogP contribution in [0.5, 0.6) is 0 Å². The minimum Gasteiger partial charge on any atom is -0.314 e. The minimum absolute atomic E-state index is 0.100. The molecule has 0 spiro atoms. The van der Waals surface area contributed by atoms with Gasteiger partial charge in [-0.05, 0) is 30.5 Å². The van der Waals surface area contributed by atoms with Gasteiger partial charge in [-0.25, -0.2) is 0 Å². The molecule has 1 heterocycles. The third-order valence-corrected chi connectivity index (χ3v) is 3.58. The van der Waals surface area contributed by atoms with Gasteiger partial charge in [0, 0.05) is 26.2 Å². The monoisotopic (exact) mass is 229 g/mol. The number of benzene rings is 1. The van der Waals surface area contributed by atoms with Crippen LogP contribution in [0.1, 0.15) is 22.7 Å². The lowest BCUT2D eigenvalue weighted by Crippen LogP contribution is -2.45. The Balaban J connectivity index is 2.29. The molecular weight excluding hydrogens is 210 g/mol. The molecule has 1 aliphatic rings. The first-order chi connectivity index (χ1) is 8.24. The lowest BCUT2D eigenvalue weighted by atomic mass is 9.97. The molecule has 0 amide bonds.